The van der Waals surface area contributed by atoms with Crippen LogP contribution >= 0.6 is 0 Å². The molecule has 0 bridgehead atoms. The van der Waals surface area contributed by atoms with Crippen LogP contribution in [0.3, 0.4) is 0 Å². The van der Waals surface area contributed by atoms with E-state index in [4.69, 9.17) is 4.74 Å². The Morgan fingerprint density at radius 2 is 1.61 bits per heavy atom. The molecule has 0 spiro atoms. The number of carbonyl (C=O) groups is 2. The lowest BCUT2D eigenvalue weighted by Crippen LogP contribution is -2.53. The van der Waals surface area contributed by atoms with Crippen molar-refractivity contribution in [3.05, 3.63) is 95.8 Å². The van der Waals surface area contributed by atoms with E-state index in [1.165, 1.54) is 22.4 Å². The summed E-state index contributed by atoms with van der Waals surface area (Å²) in [5, 5.41) is 3.18. The molecule has 0 aromatic heterocycles. The van der Waals surface area contributed by atoms with Gasteiger partial charge in [-0.15, -0.1) is 0 Å². The normalized spacial score (nSPS) is 14.4. The van der Waals surface area contributed by atoms with Gasteiger partial charge < -0.3 is 15.0 Å². The van der Waals surface area contributed by atoms with Gasteiger partial charge in [0.25, 0.3) is 0 Å². The number of benzene rings is 3. The Morgan fingerprint density at radius 3 is 2.30 bits per heavy atom. The number of halogens is 1. The van der Waals surface area contributed by atoms with Crippen LogP contribution in [0.15, 0.2) is 78.9 Å². The van der Waals surface area contributed by atoms with E-state index in [9.17, 15) is 22.4 Å². The third kappa shape index (κ3) is 9.05. The summed E-state index contributed by atoms with van der Waals surface area (Å²) in [7, 11) is -2.23. The SMILES string of the molecule is COc1ccccc1N(CCCC(=O)N(Cc1ccccc1F)[C@@H](Cc1ccccc1)C(=O)NC1CCCCC1)S(C)(=O)=O. The number of para-hydroxylation sites is 2. The summed E-state index contributed by atoms with van der Waals surface area (Å²) in [6, 6.07) is 21.6. The Bertz CT molecular complexity index is 1500. The zero-order valence-corrected chi connectivity index (χ0v) is 26.3. The van der Waals surface area contributed by atoms with Crippen LogP contribution in [0.25, 0.3) is 0 Å². The third-order valence-corrected chi connectivity index (χ3v) is 9.21. The maximum Gasteiger partial charge on any atom is 0.243 e. The highest BCUT2D eigenvalue weighted by Gasteiger charge is 2.32. The molecule has 1 atom stereocenters. The van der Waals surface area contributed by atoms with Crippen LogP contribution in [0.5, 0.6) is 5.75 Å². The van der Waals surface area contributed by atoms with Crippen molar-refractivity contribution in [1.29, 1.82) is 0 Å². The fraction of sp³-hybridized carbons (Fsp3) is 0.412. The fourth-order valence-electron chi connectivity index (χ4n) is 5.73. The molecule has 1 aliphatic carbocycles. The van der Waals surface area contributed by atoms with Gasteiger partial charge in [0.15, 0.2) is 0 Å². The number of hydrogen-bond acceptors (Lipinski definition) is 5. The number of hydrogen-bond donors (Lipinski definition) is 1. The molecule has 10 heteroatoms. The van der Waals surface area contributed by atoms with E-state index < -0.39 is 21.9 Å². The Balaban J connectivity index is 1.61. The van der Waals surface area contributed by atoms with Crippen LogP contribution < -0.4 is 14.4 Å². The molecule has 1 saturated carbocycles. The predicted octanol–water partition coefficient (Wildman–Crippen LogP) is 5.47. The minimum absolute atomic E-state index is 0.0239. The first-order valence-electron chi connectivity index (χ1n) is 15.1. The highest BCUT2D eigenvalue weighted by atomic mass is 32.2. The van der Waals surface area contributed by atoms with Crippen molar-refractivity contribution in [2.75, 3.05) is 24.2 Å². The third-order valence-electron chi connectivity index (χ3n) is 8.03. The van der Waals surface area contributed by atoms with E-state index in [0.717, 1.165) is 43.9 Å². The van der Waals surface area contributed by atoms with Gasteiger partial charge in [-0.05, 0) is 43.0 Å². The first-order valence-corrected chi connectivity index (χ1v) is 17.0. The summed E-state index contributed by atoms with van der Waals surface area (Å²) in [6.45, 7) is -0.0699. The standard InChI is InChI=1S/C34H42FN3O5S/c1-43-32-21-12-11-20-30(32)38(44(2,41)42)23-13-22-33(39)37(25-27-16-9-10-19-29(27)35)31(24-26-14-5-3-6-15-26)34(40)36-28-17-7-4-8-18-28/h3,5-6,9-12,14-16,19-21,28,31H,4,7-8,13,17-18,22-25H2,1-2H3,(H,36,40)/t31-/m0/s1. The van der Waals surface area contributed by atoms with Crippen molar-refractivity contribution in [2.45, 2.75) is 70.0 Å². The number of rotatable bonds is 14. The number of ether oxygens (including phenoxy) is 1. The number of methoxy groups -OCH3 is 1. The van der Waals surface area contributed by atoms with E-state index in [-0.39, 0.29) is 50.2 Å². The highest BCUT2D eigenvalue weighted by molar-refractivity contribution is 7.92. The van der Waals surface area contributed by atoms with Crippen molar-refractivity contribution in [1.82, 2.24) is 10.2 Å². The van der Waals surface area contributed by atoms with Crippen molar-refractivity contribution < 1.29 is 27.1 Å². The van der Waals surface area contributed by atoms with Crippen LogP contribution in [-0.2, 0) is 32.6 Å². The first kappa shape index (κ1) is 33.0. The molecular weight excluding hydrogens is 581 g/mol. The zero-order valence-electron chi connectivity index (χ0n) is 25.5. The van der Waals surface area contributed by atoms with Crippen molar-refractivity contribution in [3.8, 4) is 5.75 Å². The van der Waals surface area contributed by atoms with Gasteiger partial charge in [-0.3, -0.25) is 13.9 Å². The summed E-state index contributed by atoms with van der Waals surface area (Å²) in [5.74, 6) is -0.692. The lowest BCUT2D eigenvalue weighted by Gasteiger charge is -2.34. The Morgan fingerprint density at radius 1 is 0.955 bits per heavy atom. The second kappa shape index (κ2) is 15.7. The Hall–Kier alpha value is -3.92. The van der Waals surface area contributed by atoms with Crippen molar-refractivity contribution in [3.63, 3.8) is 0 Å². The lowest BCUT2D eigenvalue weighted by atomic mass is 9.94. The molecule has 8 nitrogen and oxygen atoms in total. The number of anilines is 1. The van der Waals surface area contributed by atoms with Gasteiger partial charge in [-0.2, -0.15) is 0 Å². The molecule has 3 aromatic rings. The molecule has 1 N–H and O–H groups in total. The molecule has 2 amide bonds. The molecule has 0 unspecified atom stereocenters. The Kier molecular flexibility index (Phi) is 11.8. The summed E-state index contributed by atoms with van der Waals surface area (Å²) in [5.41, 5.74) is 1.56. The minimum Gasteiger partial charge on any atom is -0.495 e. The molecule has 1 aliphatic rings. The maximum atomic E-state index is 14.9. The quantitative estimate of drug-likeness (QED) is 0.257. The number of sulfonamides is 1. The topological polar surface area (TPSA) is 96.0 Å². The monoisotopic (exact) mass is 623 g/mol. The second-order valence-electron chi connectivity index (χ2n) is 11.3. The number of nitrogens with zero attached hydrogens (tertiary/aromatic N) is 2. The van der Waals surface area contributed by atoms with Gasteiger partial charge in [0.05, 0.1) is 19.1 Å². The summed E-state index contributed by atoms with van der Waals surface area (Å²) >= 11 is 0. The van der Waals surface area contributed by atoms with Gasteiger partial charge in [0.1, 0.15) is 17.6 Å². The van der Waals surface area contributed by atoms with Gasteiger partial charge >= 0.3 is 0 Å². The van der Waals surface area contributed by atoms with E-state index >= 15 is 0 Å². The molecule has 1 fully saturated rings. The predicted molar refractivity (Wildman–Crippen MR) is 170 cm³/mol. The van der Waals surface area contributed by atoms with E-state index in [1.807, 2.05) is 30.3 Å². The average Bonchev–Trinajstić information content (AvgIpc) is 3.02. The second-order valence-corrected chi connectivity index (χ2v) is 13.2. The molecular formula is C34H42FN3O5S. The van der Waals surface area contributed by atoms with Gasteiger partial charge in [0, 0.05) is 37.5 Å². The van der Waals surface area contributed by atoms with E-state index in [2.05, 4.69) is 5.32 Å². The minimum atomic E-state index is -3.70. The molecule has 0 aliphatic heterocycles. The van der Waals surface area contributed by atoms with Crippen molar-refractivity contribution >= 4 is 27.5 Å². The van der Waals surface area contributed by atoms with Crippen LogP contribution in [-0.4, -0.2) is 57.1 Å². The van der Waals surface area contributed by atoms with E-state index in [1.54, 1.807) is 42.5 Å². The molecule has 236 valence electrons. The van der Waals surface area contributed by atoms with E-state index in [0.29, 0.717) is 17.0 Å². The summed E-state index contributed by atoms with van der Waals surface area (Å²) in [6.07, 6.45) is 6.48. The van der Waals surface area contributed by atoms with Crippen LogP contribution in [0, 0.1) is 5.82 Å². The number of nitrogens with one attached hydrogen (secondary N) is 1. The maximum absolute atomic E-state index is 14.9. The van der Waals surface area contributed by atoms with Crippen LogP contribution in [0.4, 0.5) is 10.1 Å². The molecule has 0 heterocycles. The molecule has 0 saturated heterocycles. The molecule has 4 rings (SSSR count). The van der Waals surface area contributed by atoms with Gasteiger partial charge in [-0.25, -0.2) is 12.8 Å². The lowest BCUT2D eigenvalue weighted by molar-refractivity contribution is -0.141. The van der Waals surface area contributed by atoms with Crippen LogP contribution in [0.1, 0.15) is 56.1 Å². The van der Waals surface area contributed by atoms with Crippen LogP contribution in [0.2, 0.25) is 0 Å². The van der Waals surface area contributed by atoms with Gasteiger partial charge in [-0.1, -0.05) is 79.9 Å². The number of carbonyl (C=O) groups excluding carboxylic acids is 2. The Labute approximate surface area is 260 Å². The smallest absolute Gasteiger partial charge is 0.243 e. The molecule has 0 radical (unpaired) electrons. The molecule has 44 heavy (non-hydrogen) atoms. The first-order chi connectivity index (χ1) is 21.2. The number of amides is 2. The average molecular weight is 624 g/mol. The van der Waals surface area contributed by atoms with Gasteiger partial charge in [0.2, 0.25) is 21.8 Å². The summed E-state index contributed by atoms with van der Waals surface area (Å²) in [4.78, 5) is 29.4. The zero-order chi connectivity index (χ0) is 31.5. The van der Waals surface area contributed by atoms with Crippen molar-refractivity contribution in [2.24, 2.45) is 0 Å². The largest absolute Gasteiger partial charge is 0.495 e. The molecule has 3 aromatic carbocycles. The summed E-state index contributed by atoms with van der Waals surface area (Å²) < 4.78 is 47.0. The fourth-order valence-corrected chi connectivity index (χ4v) is 6.70. The highest BCUT2D eigenvalue weighted by Crippen LogP contribution is 2.30.